The lowest BCUT2D eigenvalue weighted by molar-refractivity contribution is 0.185. The first kappa shape index (κ1) is 23.6. The number of benzene rings is 1. The smallest absolute Gasteiger partial charge is 0.332 e. The van der Waals surface area contributed by atoms with Crippen molar-refractivity contribution in [3.05, 3.63) is 48.2 Å². The van der Waals surface area contributed by atoms with Crippen LogP contribution in [0.1, 0.15) is 32.8 Å². The van der Waals surface area contributed by atoms with Crippen LogP contribution in [-0.4, -0.2) is 38.5 Å². The van der Waals surface area contributed by atoms with Gasteiger partial charge in [-0.3, -0.25) is 9.88 Å². The van der Waals surface area contributed by atoms with Gasteiger partial charge in [-0.15, -0.1) is 0 Å². The Kier molecular flexibility index (Phi) is 7.74. The van der Waals surface area contributed by atoms with E-state index < -0.39 is 7.60 Å². The molecule has 0 saturated carbocycles. The molecule has 32 heavy (non-hydrogen) atoms. The van der Waals surface area contributed by atoms with E-state index in [9.17, 15) is 14.3 Å². The summed E-state index contributed by atoms with van der Waals surface area (Å²) in [5, 5.41) is 8.41. The summed E-state index contributed by atoms with van der Waals surface area (Å²) in [6.07, 6.45) is 1.91. The molecule has 2 atom stereocenters. The van der Waals surface area contributed by atoms with Gasteiger partial charge in [-0.25, -0.2) is 19.7 Å². The number of rotatable bonds is 9. The fourth-order valence-corrected chi connectivity index (χ4v) is 4.27. The standard InChI is InChI=1S/C21H27N6O4P/c1-4-14(3)31-32(29,30)13-15-6-8-16(9-7-15)24-19-12-23-17-10-11-18(25-20(17)26-19)27-21(28)22-5-2/h6-12,14H,4-5,13H2,1-3H3,(H,29,30)(H3,22,24,25,26,27,28). The normalized spacial score (nSPS) is 13.9. The third kappa shape index (κ3) is 6.71. The maximum Gasteiger partial charge on any atom is 0.332 e. The second-order valence-corrected chi connectivity index (χ2v) is 9.02. The molecule has 2 unspecified atom stereocenters. The number of pyridine rings is 1. The van der Waals surface area contributed by atoms with Gasteiger partial charge >= 0.3 is 13.6 Å². The minimum Gasteiger partial charge on any atom is -0.339 e. The van der Waals surface area contributed by atoms with E-state index in [0.29, 0.717) is 41.3 Å². The molecule has 0 aliphatic rings. The Bertz CT molecular complexity index is 1120. The molecule has 0 radical (unpaired) electrons. The van der Waals surface area contributed by atoms with Crippen LogP contribution in [0, 0.1) is 0 Å². The van der Waals surface area contributed by atoms with Gasteiger partial charge in [-0.1, -0.05) is 19.1 Å². The molecule has 0 bridgehead atoms. The number of hydrogen-bond acceptors (Lipinski definition) is 7. The van der Waals surface area contributed by atoms with Gasteiger partial charge in [-0.05, 0) is 50.1 Å². The van der Waals surface area contributed by atoms with Crippen molar-refractivity contribution in [2.45, 2.75) is 39.5 Å². The first-order chi connectivity index (χ1) is 15.3. The molecule has 2 heterocycles. The number of carbonyl (C=O) groups excluding carboxylic acids is 1. The number of fused-ring (bicyclic) bond motifs is 1. The lowest BCUT2D eigenvalue weighted by Gasteiger charge is -2.17. The molecule has 0 saturated heterocycles. The van der Waals surface area contributed by atoms with Crippen molar-refractivity contribution >= 4 is 42.1 Å². The molecule has 11 heteroatoms. The Morgan fingerprint density at radius 2 is 1.84 bits per heavy atom. The fraction of sp³-hybridized carbons (Fsp3) is 0.333. The van der Waals surface area contributed by atoms with Crippen LogP contribution in [0.25, 0.3) is 11.2 Å². The SMILES string of the molecule is CCNC(=O)Nc1ccc2ncc(Nc3ccc(CP(=O)(O)OC(C)CC)cc3)nc2n1. The van der Waals surface area contributed by atoms with Crippen LogP contribution in [-0.2, 0) is 15.3 Å². The van der Waals surface area contributed by atoms with Crippen LogP contribution in [0.5, 0.6) is 0 Å². The van der Waals surface area contributed by atoms with E-state index >= 15 is 0 Å². The summed E-state index contributed by atoms with van der Waals surface area (Å²) in [5.41, 5.74) is 2.39. The van der Waals surface area contributed by atoms with E-state index in [-0.39, 0.29) is 18.3 Å². The van der Waals surface area contributed by atoms with Gasteiger partial charge in [0.05, 0.1) is 18.5 Å². The van der Waals surface area contributed by atoms with Gasteiger partial charge in [0.2, 0.25) is 0 Å². The highest BCUT2D eigenvalue weighted by Crippen LogP contribution is 2.47. The number of amides is 2. The first-order valence-electron chi connectivity index (χ1n) is 10.3. The van der Waals surface area contributed by atoms with Crippen LogP contribution in [0.3, 0.4) is 0 Å². The number of nitrogens with one attached hydrogen (secondary N) is 3. The molecule has 4 N–H and O–H groups in total. The van der Waals surface area contributed by atoms with Crippen molar-refractivity contribution in [1.82, 2.24) is 20.3 Å². The average molecular weight is 458 g/mol. The molecule has 0 aliphatic heterocycles. The van der Waals surface area contributed by atoms with Crippen molar-refractivity contribution in [2.75, 3.05) is 17.2 Å². The molecule has 3 rings (SSSR count). The molecule has 3 aromatic rings. The second-order valence-electron chi connectivity index (χ2n) is 7.22. The first-order valence-corrected chi connectivity index (χ1v) is 12.1. The lowest BCUT2D eigenvalue weighted by atomic mass is 10.2. The second kappa shape index (κ2) is 10.5. The Labute approximate surface area is 186 Å². The summed E-state index contributed by atoms with van der Waals surface area (Å²) >= 11 is 0. The van der Waals surface area contributed by atoms with E-state index in [0.717, 1.165) is 5.69 Å². The van der Waals surface area contributed by atoms with E-state index in [1.165, 1.54) is 0 Å². The molecule has 0 fully saturated rings. The summed E-state index contributed by atoms with van der Waals surface area (Å²) in [7, 11) is -3.70. The monoisotopic (exact) mass is 458 g/mol. The highest BCUT2D eigenvalue weighted by Gasteiger charge is 2.22. The van der Waals surface area contributed by atoms with Gasteiger partial charge in [0, 0.05) is 12.2 Å². The number of carbonyl (C=O) groups is 1. The van der Waals surface area contributed by atoms with Crippen LogP contribution < -0.4 is 16.0 Å². The van der Waals surface area contributed by atoms with Gasteiger partial charge in [0.1, 0.15) is 11.3 Å². The highest BCUT2D eigenvalue weighted by atomic mass is 31.2. The molecule has 2 amide bonds. The highest BCUT2D eigenvalue weighted by molar-refractivity contribution is 7.52. The van der Waals surface area contributed by atoms with E-state index in [2.05, 4.69) is 30.9 Å². The number of anilines is 3. The van der Waals surface area contributed by atoms with Gasteiger partial charge in [-0.2, -0.15) is 0 Å². The predicted molar refractivity (Wildman–Crippen MR) is 124 cm³/mol. The Morgan fingerprint density at radius 1 is 1.12 bits per heavy atom. The quantitative estimate of drug-likeness (QED) is 0.346. The summed E-state index contributed by atoms with van der Waals surface area (Å²) in [5.74, 6) is 0.841. The number of urea groups is 1. The molecule has 0 spiro atoms. The average Bonchev–Trinajstić information content (AvgIpc) is 2.74. The number of aromatic nitrogens is 3. The predicted octanol–water partition coefficient (Wildman–Crippen LogP) is 4.41. The summed E-state index contributed by atoms with van der Waals surface area (Å²) in [6, 6.07) is 10.1. The van der Waals surface area contributed by atoms with Crippen LogP contribution in [0.2, 0.25) is 0 Å². The van der Waals surface area contributed by atoms with Crippen molar-refractivity contribution in [3.8, 4) is 0 Å². The molecule has 0 aliphatic carbocycles. The van der Waals surface area contributed by atoms with Gasteiger partial charge in [0.15, 0.2) is 11.5 Å². The van der Waals surface area contributed by atoms with E-state index in [1.54, 1.807) is 49.5 Å². The fourth-order valence-electron chi connectivity index (χ4n) is 2.81. The maximum atomic E-state index is 12.2. The summed E-state index contributed by atoms with van der Waals surface area (Å²) in [6.45, 7) is 6.00. The maximum absolute atomic E-state index is 12.2. The zero-order valence-corrected chi connectivity index (χ0v) is 19.1. The van der Waals surface area contributed by atoms with Gasteiger partial charge in [0.25, 0.3) is 0 Å². The van der Waals surface area contributed by atoms with E-state index in [4.69, 9.17) is 4.52 Å². The summed E-state index contributed by atoms with van der Waals surface area (Å²) < 4.78 is 17.5. The molecule has 1 aromatic carbocycles. The minimum absolute atomic E-state index is 0.0568. The Hall–Kier alpha value is -3.07. The topological polar surface area (TPSA) is 138 Å². The zero-order chi connectivity index (χ0) is 23.1. The number of hydrogen-bond donors (Lipinski definition) is 4. The Balaban J connectivity index is 1.69. The van der Waals surface area contributed by atoms with Crippen molar-refractivity contribution in [3.63, 3.8) is 0 Å². The lowest BCUT2D eigenvalue weighted by Crippen LogP contribution is -2.28. The molecule has 10 nitrogen and oxygen atoms in total. The van der Waals surface area contributed by atoms with Crippen molar-refractivity contribution in [1.29, 1.82) is 0 Å². The van der Waals surface area contributed by atoms with Crippen LogP contribution in [0.4, 0.5) is 22.1 Å². The van der Waals surface area contributed by atoms with Crippen LogP contribution >= 0.6 is 7.60 Å². The largest absolute Gasteiger partial charge is 0.339 e. The van der Waals surface area contributed by atoms with E-state index in [1.807, 2.05) is 13.8 Å². The molecular formula is C21H27N6O4P. The Morgan fingerprint density at radius 3 is 2.53 bits per heavy atom. The molecule has 2 aromatic heterocycles. The summed E-state index contributed by atoms with van der Waals surface area (Å²) in [4.78, 5) is 34.8. The molecule has 170 valence electrons. The third-order valence-corrected chi connectivity index (χ3v) is 5.97. The van der Waals surface area contributed by atoms with Gasteiger partial charge < -0.3 is 20.1 Å². The zero-order valence-electron chi connectivity index (χ0n) is 18.2. The van der Waals surface area contributed by atoms with Crippen LogP contribution in [0.15, 0.2) is 42.6 Å². The van der Waals surface area contributed by atoms with Crippen molar-refractivity contribution < 1.29 is 18.8 Å². The number of nitrogens with zero attached hydrogens (tertiary/aromatic N) is 3. The molecular weight excluding hydrogens is 431 g/mol. The third-order valence-electron chi connectivity index (χ3n) is 4.51. The van der Waals surface area contributed by atoms with Crippen molar-refractivity contribution in [2.24, 2.45) is 0 Å². The minimum atomic E-state index is -3.70.